The van der Waals surface area contributed by atoms with E-state index < -0.39 is 0 Å². The van der Waals surface area contributed by atoms with Gasteiger partial charge >= 0.3 is 0 Å². The molecule has 2 heterocycles. The Bertz CT molecular complexity index is 993. The molecule has 0 atom stereocenters. The second-order valence-electron chi connectivity index (χ2n) is 6.41. The molecule has 0 spiro atoms. The van der Waals surface area contributed by atoms with Crippen molar-refractivity contribution in [2.75, 3.05) is 12.8 Å². The van der Waals surface area contributed by atoms with Crippen LogP contribution in [0.5, 0.6) is 0 Å². The number of thioether (sulfide) groups is 1. The highest BCUT2D eigenvalue weighted by Gasteiger charge is 2.10. The SMILES string of the molecule is CSc1nc(C)c(CCC(=O)NCCCn2ccc3ccccc32)c(=O)[nH]1. The van der Waals surface area contributed by atoms with E-state index in [-0.39, 0.29) is 17.9 Å². The van der Waals surface area contributed by atoms with Gasteiger partial charge in [-0.25, -0.2) is 4.98 Å². The summed E-state index contributed by atoms with van der Waals surface area (Å²) in [6.07, 6.45) is 5.48. The van der Waals surface area contributed by atoms with Crippen LogP contribution in [-0.2, 0) is 17.8 Å². The standard InChI is InChI=1S/C20H24N4O2S/c1-14-16(19(26)23-20(22-14)27-2)8-9-18(25)21-11-5-12-24-13-10-15-6-3-4-7-17(15)24/h3-4,6-7,10,13H,5,8-9,11-12H2,1-2H3,(H,21,25)(H,22,23,26). The minimum atomic E-state index is -0.154. The lowest BCUT2D eigenvalue weighted by Crippen LogP contribution is -2.27. The normalized spacial score (nSPS) is 11.0. The third-order valence-electron chi connectivity index (χ3n) is 4.57. The first kappa shape index (κ1) is 19.2. The van der Waals surface area contributed by atoms with E-state index >= 15 is 0 Å². The van der Waals surface area contributed by atoms with Gasteiger partial charge in [0.2, 0.25) is 5.91 Å². The Hall–Kier alpha value is -2.54. The number of hydrogen-bond donors (Lipinski definition) is 2. The number of aryl methyl sites for hydroxylation is 2. The highest BCUT2D eigenvalue weighted by atomic mass is 32.2. The molecule has 3 aromatic rings. The Labute approximate surface area is 162 Å². The Morgan fingerprint density at radius 2 is 2.11 bits per heavy atom. The van der Waals surface area contributed by atoms with Crippen LogP contribution in [-0.4, -0.2) is 33.2 Å². The van der Waals surface area contributed by atoms with Crippen LogP contribution in [0.4, 0.5) is 0 Å². The summed E-state index contributed by atoms with van der Waals surface area (Å²) in [4.78, 5) is 31.2. The van der Waals surface area contributed by atoms with Gasteiger partial charge in [-0.1, -0.05) is 30.0 Å². The van der Waals surface area contributed by atoms with Crippen molar-refractivity contribution in [2.24, 2.45) is 0 Å². The molecule has 142 valence electrons. The molecule has 0 aliphatic rings. The number of H-pyrrole nitrogens is 1. The van der Waals surface area contributed by atoms with Crippen LogP contribution in [0.15, 0.2) is 46.5 Å². The summed E-state index contributed by atoms with van der Waals surface area (Å²) in [6, 6.07) is 10.4. The molecule has 27 heavy (non-hydrogen) atoms. The average molecular weight is 385 g/mol. The highest BCUT2D eigenvalue weighted by molar-refractivity contribution is 7.98. The third kappa shape index (κ3) is 4.80. The molecule has 0 unspecified atom stereocenters. The first-order valence-corrected chi connectivity index (χ1v) is 10.3. The molecule has 6 nitrogen and oxygen atoms in total. The fraction of sp³-hybridized carbons (Fsp3) is 0.350. The van der Waals surface area contributed by atoms with E-state index in [1.807, 2.05) is 25.3 Å². The number of carbonyl (C=O) groups is 1. The maximum absolute atomic E-state index is 12.1. The molecule has 2 N–H and O–H groups in total. The number of aromatic nitrogens is 3. The number of nitrogens with one attached hydrogen (secondary N) is 2. The van der Waals surface area contributed by atoms with Crippen LogP contribution in [0.2, 0.25) is 0 Å². The lowest BCUT2D eigenvalue weighted by atomic mass is 10.1. The van der Waals surface area contributed by atoms with Gasteiger partial charge in [-0.05, 0) is 43.5 Å². The van der Waals surface area contributed by atoms with Crippen molar-refractivity contribution in [1.82, 2.24) is 19.9 Å². The molecule has 0 bridgehead atoms. The van der Waals surface area contributed by atoms with Gasteiger partial charge in [0.15, 0.2) is 5.16 Å². The van der Waals surface area contributed by atoms with E-state index in [1.54, 1.807) is 0 Å². The second kappa shape index (κ2) is 8.90. The van der Waals surface area contributed by atoms with E-state index in [1.165, 1.54) is 22.7 Å². The lowest BCUT2D eigenvalue weighted by molar-refractivity contribution is -0.121. The summed E-state index contributed by atoms with van der Waals surface area (Å²) in [5.41, 5.74) is 2.33. The Kier molecular flexibility index (Phi) is 6.34. The zero-order valence-corrected chi connectivity index (χ0v) is 16.4. The molecule has 1 amide bonds. The largest absolute Gasteiger partial charge is 0.356 e. The maximum Gasteiger partial charge on any atom is 0.254 e. The minimum Gasteiger partial charge on any atom is -0.356 e. The summed E-state index contributed by atoms with van der Waals surface area (Å²) in [6.45, 7) is 3.28. The van der Waals surface area contributed by atoms with Crippen molar-refractivity contribution in [3.63, 3.8) is 0 Å². The molecular formula is C20H24N4O2S. The number of carbonyl (C=O) groups excluding carboxylic acids is 1. The fourth-order valence-corrected chi connectivity index (χ4v) is 3.54. The number of fused-ring (bicyclic) bond motifs is 1. The van der Waals surface area contributed by atoms with Gasteiger partial charge in [-0.3, -0.25) is 9.59 Å². The zero-order valence-electron chi connectivity index (χ0n) is 15.6. The predicted octanol–water partition coefficient (Wildman–Crippen LogP) is 2.89. The predicted molar refractivity (Wildman–Crippen MR) is 109 cm³/mol. The van der Waals surface area contributed by atoms with Crippen LogP contribution >= 0.6 is 11.8 Å². The molecule has 2 aromatic heterocycles. The number of nitrogens with zero attached hydrogens (tertiary/aromatic N) is 2. The summed E-state index contributed by atoms with van der Waals surface area (Å²) in [5, 5.41) is 4.76. The van der Waals surface area contributed by atoms with Gasteiger partial charge in [0, 0.05) is 42.5 Å². The van der Waals surface area contributed by atoms with Crippen LogP contribution < -0.4 is 10.9 Å². The molecule has 0 aliphatic carbocycles. The van der Waals surface area contributed by atoms with Gasteiger partial charge in [0.05, 0.1) is 0 Å². The molecular weight excluding hydrogens is 360 g/mol. The highest BCUT2D eigenvalue weighted by Crippen LogP contribution is 2.15. The Balaban J connectivity index is 1.44. The third-order valence-corrected chi connectivity index (χ3v) is 5.15. The molecule has 1 aromatic carbocycles. The van der Waals surface area contributed by atoms with E-state index in [2.05, 4.69) is 44.2 Å². The molecule has 0 fully saturated rings. The van der Waals surface area contributed by atoms with Crippen molar-refractivity contribution in [3.05, 3.63) is 58.1 Å². The van der Waals surface area contributed by atoms with Crippen LogP contribution in [0.25, 0.3) is 10.9 Å². The first-order valence-electron chi connectivity index (χ1n) is 9.03. The second-order valence-corrected chi connectivity index (χ2v) is 7.21. The number of hydrogen-bond acceptors (Lipinski definition) is 4. The number of aromatic amines is 1. The number of para-hydroxylation sites is 1. The quantitative estimate of drug-likeness (QED) is 0.356. The van der Waals surface area contributed by atoms with Crippen LogP contribution in [0, 0.1) is 6.92 Å². The lowest BCUT2D eigenvalue weighted by Gasteiger charge is -2.08. The number of rotatable bonds is 8. The summed E-state index contributed by atoms with van der Waals surface area (Å²) < 4.78 is 2.20. The van der Waals surface area contributed by atoms with Gasteiger partial charge in [0.1, 0.15) is 0 Å². The summed E-state index contributed by atoms with van der Waals surface area (Å²) in [7, 11) is 0. The fourth-order valence-electron chi connectivity index (χ4n) is 3.12. The topological polar surface area (TPSA) is 79.8 Å². The van der Waals surface area contributed by atoms with Crippen molar-refractivity contribution >= 4 is 28.6 Å². The smallest absolute Gasteiger partial charge is 0.254 e. The molecule has 3 rings (SSSR count). The van der Waals surface area contributed by atoms with Crippen molar-refractivity contribution in [1.29, 1.82) is 0 Å². The number of amides is 1. The Morgan fingerprint density at radius 1 is 1.30 bits per heavy atom. The molecule has 7 heteroatoms. The molecule has 0 aliphatic heterocycles. The van der Waals surface area contributed by atoms with Gasteiger partial charge < -0.3 is 14.9 Å². The Morgan fingerprint density at radius 3 is 2.89 bits per heavy atom. The monoisotopic (exact) mass is 384 g/mol. The van der Waals surface area contributed by atoms with Gasteiger partial charge in [-0.15, -0.1) is 0 Å². The molecule has 0 saturated heterocycles. The van der Waals surface area contributed by atoms with Gasteiger partial charge in [0.25, 0.3) is 5.56 Å². The summed E-state index contributed by atoms with van der Waals surface area (Å²) in [5.74, 6) is -0.0416. The first-order chi connectivity index (χ1) is 13.1. The average Bonchev–Trinajstić information content (AvgIpc) is 3.07. The molecule has 0 saturated carbocycles. The van der Waals surface area contributed by atoms with Crippen molar-refractivity contribution in [3.8, 4) is 0 Å². The van der Waals surface area contributed by atoms with E-state index in [4.69, 9.17) is 0 Å². The van der Waals surface area contributed by atoms with E-state index in [9.17, 15) is 9.59 Å². The van der Waals surface area contributed by atoms with E-state index in [0.717, 1.165) is 13.0 Å². The van der Waals surface area contributed by atoms with Crippen LogP contribution in [0.3, 0.4) is 0 Å². The summed E-state index contributed by atoms with van der Waals surface area (Å²) >= 11 is 1.40. The van der Waals surface area contributed by atoms with Crippen molar-refractivity contribution < 1.29 is 4.79 Å². The maximum atomic E-state index is 12.1. The number of benzene rings is 1. The van der Waals surface area contributed by atoms with Crippen LogP contribution in [0.1, 0.15) is 24.1 Å². The van der Waals surface area contributed by atoms with E-state index in [0.29, 0.717) is 29.4 Å². The van der Waals surface area contributed by atoms with Gasteiger partial charge in [-0.2, -0.15) is 0 Å². The van der Waals surface area contributed by atoms with Crippen molar-refractivity contribution in [2.45, 2.75) is 37.9 Å². The minimum absolute atomic E-state index is 0.0416. The zero-order chi connectivity index (χ0) is 19.2. The molecule has 0 radical (unpaired) electrons.